The van der Waals surface area contributed by atoms with Gasteiger partial charge in [0.2, 0.25) is 0 Å². The summed E-state index contributed by atoms with van der Waals surface area (Å²) in [6.45, 7) is 2.92. The van der Waals surface area contributed by atoms with Gasteiger partial charge in [0.25, 0.3) is 0 Å². The Hall–Kier alpha value is -1.16. The Bertz CT molecular complexity index is 486. The van der Waals surface area contributed by atoms with Gasteiger partial charge in [0, 0.05) is 30.9 Å². The van der Waals surface area contributed by atoms with Crippen molar-refractivity contribution in [2.75, 3.05) is 24.5 Å². The van der Waals surface area contributed by atoms with Crippen LogP contribution < -0.4 is 10.2 Å². The van der Waals surface area contributed by atoms with Crippen LogP contribution in [0.5, 0.6) is 0 Å². The van der Waals surface area contributed by atoms with Crippen molar-refractivity contribution in [1.82, 2.24) is 5.32 Å². The third-order valence-electron chi connectivity index (χ3n) is 5.11. The quantitative estimate of drug-likeness (QED) is 0.901. The van der Waals surface area contributed by atoms with Gasteiger partial charge in [0.1, 0.15) is 0 Å². The van der Waals surface area contributed by atoms with Crippen molar-refractivity contribution in [3.05, 3.63) is 29.8 Å². The maximum atomic E-state index is 13.4. The van der Waals surface area contributed by atoms with Crippen molar-refractivity contribution in [1.29, 1.82) is 0 Å². The lowest BCUT2D eigenvalue weighted by Crippen LogP contribution is -2.47. The Morgan fingerprint density at radius 3 is 2.59 bits per heavy atom. The molecule has 1 aromatic rings. The average Bonchev–Trinajstić information content (AvgIpc) is 2.57. The summed E-state index contributed by atoms with van der Waals surface area (Å²) in [7, 11) is 0. The minimum Gasteiger partial charge on any atom is -0.370 e. The summed E-state index contributed by atoms with van der Waals surface area (Å²) in [5.41, 5.74) is 0.795. The summed E-state index contributed by atoms with van der Waals surface area (Å²) >= 11 is 0. The van der Waals surface area contributed by atoms with Crippen LogP contribution in [0.15, 0.2) is 18.2 Å². The lowest BCUT2D eigenvalue weighted by atomic mass is 9.89. The molecule has 3 rings (SSSR count). The molecule has 2 fully saturated rings. The van der Waals surface area contributed by atoms with Crippen LogP contribution in [-0.2, 0) is 0 Å². The second kappa shape index (κ2) is 7.40. The van der Waals surface area contributed by atoms with Crippen LogP contribution in [0.3, 0.4) is 0 Å². The zero-order chi connectivity index (χ0) is 15.4. The standard InChI is InChI=1S/C18H26F2N2/c19-17-9-8-16(11-18(17)20)22-10-4-7-15(13-22)21-12-14-5-2-1-3-6-14/h8-9,11,14-15,21H,1-7,10,12-13H2. The number of hydrogen-bond donors (Lipinski definition) is 1. The molecular formula is C18H26F2N2. The lowest BCUT2D eigenvalue weighted by molar-refractivity contribution is 0.314. The van der Waals surface area contributed by atoms with E-state index in [-0.39, 0.29) is 0 Å². The predicted octanol–water partition coefficient (Wildman–Crippen LogP) is 4.10. The Morgan fingerprint density at radius 2 is 1.82 bits per heavy atom. The van der Waals surface area contributed by atoms with E-state index in [0.717, 1.165) is 37.7 Å². The van der Waals surface area contributed by atoms with Crippen LogP contribution in [-0.4, -0.2) is 25.7 Å². The minimum atomic E-state index is -0.771. The molecule has 1 saturated carbocycles. The number of piperidine rings is 1. The molecule has 1 heterocycles. The summed E-state index contributed by atoms with van der Waals surface area (Å²) in [5, 5.41) is 3.71. The molecule has 122 valence electrons. The number of nitrogens with one attached hydrogen (secondary N) is 1. The molecule has 0 spiro atoms. The molecule has 1 N–H and O–H groups in total. The zero-order valence-corrected chi connectivity index (χ0v) is 13.2. The summed E-state index contributed by atoms with van der Waals surface area (Å²) in [6, 6.07) is 4.69. The van der Waals surface area contributed by atoms with Crippen LogP contribution in [0.2, 0.25) is 0 Å². The molecule has 2 nitrogen and oxygen atoms in total. The molecule has 4 heteroatoms. The highest BCUT2D eigenvalue weighted by Gasteiger charge is 2.22. The molecule has 2 aliphatic rings. The van der Waals surface area contributed by atoms with Crippen LogP contribution in [0.4, 0.5) is 14.5 Å². The molecule has 0 aromatic heterocycles. The second-order valence-corrected chi connectivity index (χ2v) is 6.80. The SMILES string of the molecule is Fc1ccc(N2CCCC(NCC3CCCCC3)C2)cc1F. The van der Waals surface area contributed by atoms with E-state index in [2.05, 4.69) is 10.2 Å². The highest BCUT2D eigenvalue weighted by atomic mass is 19.2. The van der Waals surface area contributed by atoms with E-state index >= 15 is 0 Å². The van der Waals surface area contributed by atoms with Crippen LogP contribution in [0.25, 0.3) is 0 Å². The van der Waals surface area contributed by atoms with Crippen molar-refractivity contribution < 1.29 is 8.78 Å². The normalized spacial score (nSPS) is 23.7. The first kappa shape index (κ1) is 15.7. The first-order chi connectivity index (χ1) is 10.7. The average molecular weight is 308 g/mol. The zero-order valence-electron chi connectivity index (χ0n) is 13.2. The first-order valence-electron chi connectivity index (χ1n) is 8.66. The molecule has 1 aliphatic carbocycles. The number of anilines is 1. The van der Waals surface area contributed by atoms with Crippen molar-refractivity contribution in [3.63, 3.8) is 0 Å². The molecule has 1 aliphatic heterocycles. The second-order valence-electron chi connectivity index (χ2n) is 6.80. The molecule has 1 atom stereocenters. The van der Waals surface area contributed by atoms with Gasteiger partial charge in [0.15, 0.2) is 11.6 Å². The third-order valence-corrected chi connectivity index (χ3v) is 5.11. The molecule has 0 amide bonds. The van der Waals surface area contributed by atoms with Gasteiger partial charge in [-0.05, 0) is 50.3 Å². The topological polar surface area (TPSA) is 15.3 Å². The highest BCUT2D eigenvalue weighted by molar-refractivity contribution is 5.47. The molecule has 1 aromatic carbocycles. The largest absolute Gasteiger partial charge is 0.370 e. The predicted molar refractivity (Wildman–Crippen MR) is 86.2 cm³/mol. The Morgan fingerprint density at radius 1 is 1.00 bits per heavy atom. The van der Waals surface area contributed by atoms with E-state index in [0.29, 0.717) is 6.04 Å². The number of halogens is 2. The Kier molecular flexibility index (Phi) is 5.29. The van der Waals surface area contributed by atoms with Gasteiger partial charge in [-0.1, -0.05) is 19.3 Å². The summed E-state index contributed by atoms with van der Waals surface area (Å²) in [5.74, 6) is -0.699. The molecule has 1 saturated heterocycles. The number of nitrogens with zero attached hydrogens (tertiary/aromatic N) is 1. The van der Waals surface area contributed by atoms with E-state index in [9.17, 15) is 8.78 Å². The fourth-order valence-corrected chi connectivity index (χ4v) is 3.78. The highest BCUT2D eigenvalue weighted by Crippen LogP contribution is 2.25. The third kappa shape index (κ3) is 3.97. The van der Waals surface area contributed by atoms with Gasteiger partial charge in [-0.2, -0.15) is 0 Å². The maximum absolute atomic E-state index is 13.4. The smallest absolute Gasteiger partial charge is 0.160 e. The molecule has 22 heavy (non-hydrogen) atoms. The van der Waals surface area contributed by atoms with Crippen molar-refractivity contribution >= 4 is 5.69 Å². The van der Waals surface area contributed by atoms with E-state index in [1.54, 1.807) is 6.07 Å². The van der Waals surface area contributed by atoms with Crippen molar-refractivity contribution in [2.45, 2.75) is 51.0 Å². The minimum absolute atomic E-state index is 0.462. The summed E-state index contributed by atoms with van der Waals surface area (Å²) in [6.07, 6.45) is 9.12. The van der Waals surface area contributed by atoms with Crippen LogP contribution in [0.1, 0.15) is 44.9 Å². The van der Waals surface area contributed by atoms with E-state index in [4.69, 9.17) is 0 Å². The maximum Gasteiger partial charge on any atom is 0.160 e. The summed E-state index contributed by atoms with van der Waals surface area (Å²) < 4.78 is 26.5. The van der Waals surface area contributed by atoms with Crippen LogP contribution >= 0.6 is 0 Å². The fourth-order valence-electron chi connectivity index (χ4n) is 3.78. The van der Waals surface area contributed by atoms with Gasteiger partial charge in [-0.3, -0.25) is 0 Å². The van der Waals surface area contributed by atoms with Gasteiger partial charge in [0.05, 0.1) is 0 Å². The number of rotatable bonds is 4. The number of benzene rings is 1. The Labute approximate surface area is 131 Å². The van der Waals surface area contributed by atoms with Gasteiger partial charge in [-0.15, -0.1) is 0 Å². The fraction of sp³-hybridized carbons (Fsp3) is 0.667. The van der Waals surface area contributed by atoms with Gasteiger partial charge < -0.3 is 10.2 Å². The van der Waals surface area contributed by atoms with Crippen molar-refractivity contribution in [2.24, 2.45) is 5.92 Å². The van der Waals surface area contributed by atoms with E-state index in [1.165, 1.54) is 50.7 Å². The monoisotopic (exact) mass is 308 g/mol. The van der Waals surface area contributed by atoms with Crippen LogP contribution in [0, 0.1) is 17.6 Å². The molecule has 0 radical (unpaired) electrons. The van der Waals surface area contributed by atoms with E-state index < -0.39 is 11.6 Å². The summed E-state index contributed by atoms with van der Waals surface area (Å²) in [4.78, 5) is 2.17. The first-order valence-corrected chi connectivity index (χ1v) is 8.66. The van der Waals surface area contributed by atoms with E-state index in [1.807, 2.05) is 0 Å². The van der Waals surface area contributed by atoms with Crippen molar-refractivity contribution in [3.8, 4) is 0 Å². The van der Waals surface area contributed by atoms with Gasteiger partial charge in [-0.25, -0.2) is 8.78 Å². The molecule has 0 bridgehead atoms. The number of hydrogen-bond acceptors (Lipinski definition) is 2. The lowest BCUT2D eigenvalue weighted by Gasteiger charge is -2.36. The molecular weight excluding hydrogens is 282 g/mol. The van der Waals surface area contributed by atoms with Gasteiger partial charge >= 0.3 is 0 Å². The molecule has 1 unspecified atom stereocenters. The Balaban J connectivity index is 1.53.